The molecule has 0 aliphatic carbocycles. The number of hydrogen-bond acceptors (Lipinski definition) is 8. The number of hydrogen-bond donors (Lipinski definition) is 2. The van der Waals surface area contributed by atoms with Crippen LogP contribution in [0.1, 0.15) is 11.3 Å². The van der Waals surface area contributed by atoms with Crippen molar-refractivity contribution < 1.29 is 4.79 Å². The molecule has 0 aliphatic heterocycles. The molecule has 124 valence electrons. The topological polar surface area (TPSA) is 79.8 Å². The first-order valence-electron chi connectivity index (χ1n) is 7.15. The highest BCUT2D eigenvalue weighted by atomic mass is 32.2. The molecule has 9 heteroatoms. The van der Waals surface area contributed by atoms with Crippen molar-refractivity contribution in [1.82, 2.24) is 15.2 Å². The van der Waals surface area contributed by atoms with E-state index in [4.69, 9.17) is 0 Å². The Morgan fingerprint density at radius 1 is 1.21 bits per heavy atom. The van der Waals surface area contributed by atoms with Crippen LogP contribution in [-0.4, -0.2) is 26.8 Å². The standard InChI is InChI=1S/C15H15N5OS3/c1-10-8-22-14(17-10)18-12(21)9-23-15-20-19-13(24-15)16-7-11-5-3-2-4-6-11/h2-6,8H,7,9H2,1H3,(H,16,19)(H,17,18,21). The second kappa shape index (κ2) is 8.22. The minimum absolute atomic E-state index is 0.0941. The summed E-state index contributed by atoms with van der Waals surface area (Å²) in [5.41, 5.74) is 2.08. The van der Waals surface area contributed by atoms with E-state index in [-0.39, 0.29) is 11.7 Å². The zero-order chi connectivity index (χ0) is 16.8. The van der Waals surface area contributed by atoms with Gasteiger partial charge in [-0.05, 0) is 12.5 Å². The molecule has 1 amide bonds. The summed E-state index contributed by atoms with van der Waals surface area (Å²) in [4.78, 5) is 16.1. The van der Waals surface area contributed by atoms with Crippen molar-refractivity contribution in [3.8, 4) is 0 Å². The number of anilines is 2. The molecular weight excluding hydrogens is 362 g/mol. The van der Waals surface area contributed by atoms with E-state index in [0.29, 0.717) is 11.7 Å². The van der Waals surface area contributed by atoms with Gasteiger partial charge in [0.25, 0.3) is 0 Å². The molecule has 24 heavy (non-hydrogen) atoms. The Balaban J connectivity index is 1.44. The molecule has 3 rings (SSSR count). The van der Waals surface area contributed by atoms with Gasteiger partial charge >= 0.3 is 0 Å². The zero-order valence-electron chi connectivity index (χ0n) is 12.9. The van der Waals surface area contributed by atoms with Crippen LogP contribution in [-0.2, 0) is 11.3 Å². The Morgan fingerprint density at radius 3 is 2.79 bits per heavy atom. The molecule has 2 heterocycles. The van der Waals surface area contributed by atoms with Crippen LogP contribution in [0.5, 0.6) is 0 Å². The van der Waals surface area contributed by atoms with Gasteiger partial charge in [-0.1, -0.05) is 53.4 Å². The smallest absolute Gasteiger partial charge is 0.236 e. The summed E-state index contributed by atoms with van der Waals surface area (Å²) in [7, 11) is 0. The summed E-state index contributed by atoms with van der Waals surface area (Å²) < 4.78 is 0.760. The lowest BCUT2D eigenvalue weighted by Gasteiger charge is -2.01. The highest BCUT2D eigenvalue weighted by molar-refractivity contribution is 8.01. The van der Waals surface area contributed by atoms with Gasteiger partial charge in [0.05, 0.1) is 11.4 Å². The third kappa shape index (κ3) is 5.02. The van der Waals surface area contributed by atoms with E-state index in [1.807, 2.05) is 42.6 Å². The lowest BCUT2D eigenvalue weighted by atomic mass is 10.2. The highest BCUT2D eigenvalue weighted by Gasteiger charge is 2.09. The molecule has 3 aromatic rings. The van der Waals surface area contributed by atoms with E-state index < -0.39 is 0 Å². The van der Waals surface area contributed by atoms with Gasteiger partial charge in [0.2, 0.25) is 11.0 Å². The van der Waals surface area contributed by atoms with Crippen LogP contribution in [0.25, 0.3) is 0 Å². The molecule has 0 saturated carbocycles. The van der Waals surface area contributed by atoms with Gasteiger partial charge < -0.3 is 10.6 Å². The summed E-state index contributed by atoms with van der Waals surface area (Å²) in [5.74, 6) is 0.190. The molecule has 0 radical (unpaired) electrons. The Hall–Kier alpha value is -1.97. The number of nitrogens with one attached hydrogen (secondary N) is 2. The van der Waals surface area contributed by atoms with E-state index in [1.54, 1.807) is 0 Å². The van der Waals surface area contributed by atoms with E-state index in [2.05, 4.69) is 25.8 Å². The fraction of sp³-hybridized carbons (Fsp3) is 0.200. The van der Waals surface area contributed by atoms with Gasteiger partial charge in [-0.3, -0.25) is 4.79 Å². The summed E-state index contributed by atoms with van der Waals surface area (Å²) >= 11 is 4.23. The van der Waals surface area contributed by atoms with Gasteiger partial charge in [0.1, 0.15) is 0 Å². The number of rotatable bonds is 7. The Kier molecular flexibility index (Phi) is 5.78. The van der Waals surface area contributed by atoms with Crippen LogP contribution < -0.4 is 10.6 Å². The quantitative estimate of drug-likeness (QED) is 0.612. The third-order valence-corrected chi connectivity index (χ3v) is 5.77. The number of thioether (sulfide) groups is 1. The first-order chi connectivity index (χ1) is 11.7. The molecule has 2 aromatic heterocycles. The van der Waals surface area contributed by atoms with Crippen LogP contribution in [0.3, 0.4) is 0 Å². The highest BCUT2D eigenvalue weighted by Crippen LogP contribution is 2.26. The average molecular weight is 378 g/mol. The minimum Gasteiger partial charge on any atom is -0.356 e. The van der Waals surface area contributed by atoms with E-state index in [0.717, 1.165) is 15.2 Å². The van der Waals surface area contributed by atoms with Crippen molar-refractivity contribution in [2.24, 2.45) is 0 Å². The first kappa shape index (κ1) is 16.9. The summed E-state index contributed by atoms with van der Waals surface area (Å²) in [6, 6.07) is 10.1. The van der Waals surface area contributed by atoms with Crippen molar-refractivity contribution in [1.29, 1.82) is 0 Å². The number of benzene rings is 1. The molecule has 0 unspecified atom stereocenters. The van der Waals surface area contributed by atoms with Crippen LogP contribution in [0.2, 0.25) is 0 Å². The van der Waals surface area contributed by atoms with E-state index in [1.165, 1.54) is 40.0 Å². The Bertz CT molecular complexity index is 802. The van der Waals surface area contributed by atoms with Gasteiger partial charge in [0.15, 0.2) is 9.47 Å². The van der Waals surface area contributed by atoms with Crippen LogP contribution >= 0.6 is 34.4 Å². The SMILES string of the molecule is Cc1csc(NC(=O)CSc2nnc(NCc3ccccc3)s2)n1. The Labute approximate surface area is 151 Å². The number of aryl methyl sites for hydroxylation is 1. The molecule has 0 atom stereocenters. The maximum atomic E-state index is 11.9. The van der Waals surface area contributed by atoms with Crippen molar-refractivity contribution in [2.45, 2.75) is 17.8 Å². The minimum atomic E-state index is -0.0941. The molecule has 0 aliphatic rings. The predicted molar refractivity (Wildman–Crippen MR) is 99.9 cm³/mol. The number of amides is 1. The fourth-order valence-corrected chi connectivity index (χ4v) is 4.06. The van der Waals surface area contributed by atoms with Crippen molar-refractivity contribution in [3.63, 3.8) is 0 Å². The lowest BCUT2D eigenvalue weighted by molar-refractivity contribution is -0.113. The molecule has 0 saturated heterocycles. The molecule has 0 spiro atoms. The van der Waals surface area contributed by atoms with Gasteiger partial charge in [0, 0.05) is 11.9 Å². The largest absolute Gasteiger partial charge is 0.356 e. The zero-order valence-corrected chi connectivity index (χ0v) is 15.3. The fourth-order valence-electron chi connectivity index (χ4n) is 1.81. The number of thiazole rings is 1. The molecule has 0 bridgehead atoms. The van der Waals surface area contributed by atoms with Crippen LogP contribution in [0.15, 0.2) is 40.1 Å². The van der Waals surface area contributed by atoms with Gasteiger partial charge in [-0.15, -0.1) is 21.5 Å². The lowest BCUT2D eigenvalue weighted by Crippen LogP contribution is -2.13. The van der Waals surface area contributed by atoms with E-state index >= 15 is 0 Å². The molecule has 0 fully saturated rings. The Morgan fingerprint density at radius 2 is 2.04 bits per heavy atom. The summed E-state index contributed by atoms with van der Waals surface area (Å²) in [6.45, 7) is 2.59. The van der Waals surface area contributed by atoms with Gasteiger partial charge in [-0.2, -0.15) is 0 Å². The molecule has 6 nitrogen and oxygen atoms in total. The monoisotopic (exact) mass is 377 g/mol. The number of carbonyl (C=O) groups is 1. The molecule has 2 N–H and O–H groups in total. The maximum Gasteiger partial charge on any atom is 0.236 e. The van der Waals surface area contributed by atoms with Crippen molar-refractivity contribution >= 4 is 50.6 Å². The van der Waals surface area contributed by atoms with Crippen LogP contribution in [0, 0.1) is 6.92 Å². The maximum absolute atomic E-state index is 11.9. The number of aromatic nitrogens is 3. The summed E-state index contributed by atoms with van der Waals surface area (Å²) in [5, 5.41) is 17.5. The summed E-state index contributed by atoms with van der Waals surface area (Å²) in [6.07, 6.45) is 0. The normalized spacial score (nSPS) is 10.5. The van der Waals surface area contributed by atoms with E-state index in [9.17, 15) is 4.79 Å². The molecular formula is C15H15N5OS3. The number of carbonyl (C=O) groups excluding carboxylic acids is 1. The molecule has 1 aromatic carbocycles. The number of nitrogens with zero attached hydrogens (tertiary/aromatic N) is 3. The first-order valence-corrected chi connectivity index (χ1v) is 9.83. The second-order valence-corrected chi connectivity index (χ2v) is 7.90. The third-order valence-electron chi connectivity index (χ3n) is 2.89. The van der Waals surface area contributed by atoms with Gasteiger partial charge in [-0.25, -0.2) is 4.98 Å². The van der Waals surface area contributed by atoms with Crippen molar-refractivity contribution in [2.75, 3.05) is 16.4 Å². The average Bonchev–Trinajstić information content (AvgIpc) is 3.21. The second-order valence-electron chi connectivity index (χ2n) is 4.84. The van der Waals surface area contributed by atoms with Crippen molar-refractivity contribution in [3.05, 3.63) is 47.0 Å². The predicted octanol–water partition coefficient (Wildman–Crippen LogP) is 3.65. The van der Waals surface area contributed by atoms with Crippen LogP contribution in [0.4, 0.5) is 10.3 Å².